The van der Waals surface area contributed by atoms with Crippen molar-refractivity contribution in [1.29, 1.82) is 5.26 Å². The molecule has 1 heterocycles. The molecule has 33 heavy (non-hydrogen) atoms. The second-order valence-corrected chi connectivity index (χ2v) is 7.13. The van der Waals surface area contributed by atoms with E-state index in [1.807, 2.05) is 6.07 Å². The van der Waals surface area contributed by atoms with E-state index in [2.05, 4.69) is 16.0 Å². The zero-order chi connectivity index (χ0) is 24.1. The van der Waals surface area contributed by atoms with Crippen LogP contribution < -0.4 is 16.0 Å². The molecule has 0 fully saturated rings. The zero-order valence-electron chi connectivity index (χ0n) is 17.5. The lowest BCUT2D eigenvalue weighted by Gasteiger charge is -2.13. The van der Waals surface area contributed by atoms with Crippen molar-refractivity contribution in [3.05, 3.63) is 59.3 Å². The maximum absolute atomic E-state index is 12.9. The summed E-state index contributed by atoms with van der Waals surface area (Å²) in [6, 6.07) is 11.8. The molecule has 0 radical (unpaired) electrons. The van der Waals surface area contributed by atoms with Gasteiger partial charge in [-0.25, -0.2) is 9.59 Å². The molecule has 3 aromatic rings. The number of carbonyl (C=O) groups excluding carboxylic acids is 2. The van der Waals surface area contributed by atoms with Gasteiger partial charge in [-0.3, -0.25) is 4.79 Å². The third kappa shape index (κ3) is 5.09. The number of anilines is 2. The highest BCUT2D eigenvalue weighted by Crippen LogP contribution is 2.27. The number of carboxylic acid groups (broad SMARTS) is 1. The smallest absolute Gasteiger partial charge is 0.337 e. The Bertz CT molecular complexity index is 1280. The number of urea groups is 1. The minimum absolute atomic E-state index is 0.0388. The number of aryl methyl sites for hydroxylation is 1. The number of para-hydroxylation sites is 1. The highest BCUT2D eigenvalue weighted by molar-refractivity contribution is 6.11. The average molecular weight is 451 g/mol. The summed E-state index contributed by atoms with van der Waals surface area (Å²) in [6.07, 6.45) is -1.09. The molecule has 0 aliphatic heterocycles. The largest absolute Gasteiger partial charge is 0.478 e. The predicted octanol–water partition coefficient (Wildman–Crippen LogP) is 1.48. The van der Waals surface area contributed by atoms with Gasteiger partial charge in [-0.2, -0.15) is 5.26 Å². The lowest BCUT2D eigenvalue weighted by Crippen LogP contribution is -2.36. The van der Waals surface area contributed by atoms with Gasteiger partial charge in [-0.1, -0.05) is 12.1 Å². The number of aromatic carboxylic acids is 1. The molecule has 11 nitrogen and oxygen atoms in total. The van der Waals surface area contributed by atoms with Gasteiger partial charge in [0.15, 0.2) is 0 Å². The normalized spacial score (nSPS) is 11.5. The van der Waals surface area contributed by atoms with E-state index in [0.29, 0.717) is 16.6 Å². The van der Waals surface area contributed by atoms with E-state index >= 15 is 0 Å². The first kappa shape index (κ1) is 23.3. The van der Waals surface area contributed by atoms with E-state index in [0.717, 1.165) is 0 Å². The van der Waals surface area contributed by atoms with E-state index in [4.69, 9.17) is 10.4 Å². The minimum Gasteiger partial charge on any atom is -0.478 e. The fraction of sp³-hybridized carbons (Fsp3) is 0.182. The first-order valence-electron chi connectivity index (χ1n) is 9.76. The average Bonchev–Trinajstić information content (AvgIpc) is 3.15. The highest BCUT2D eigenvalue weighted by atomic mass is 16.4. The molecule has 0 saturated heterocycles. The Labute approximate surface area is 187 Å². The number of carbonyl (C=O) groups is 3. The van der Waals surface area contributed by atoms with Crippen LogP contribution in [0.1, 0.15) is 26.4 Å². The van der Waals surface area contributed by atoms with Gasteiger partial charge in [0.2, 0.25) is 0 Å². The standard InChI is InChI=1S/C22H21N5O6/c1-27-18(20(30)25-16-6-5-12(9-23)7-15(16)21(31)32)8-13-3-2-4-17(19(13)27)26-22(33)24-10-14(29)11-28/h2-8,14,28-29H,10-11H2,1H3,(H,25,30)(H,31,32)(H2,24,26,33). The topological polar surface area (TPSA) is 177 Å². The molecular weight excluding hydrogens is 430 g/mol. The summed E-state index contributed by atoms with van der Waals surface area (Å²) in [6.45, 7) is -0.634. The molecule has 170 valence electrons. The van der Waals surface area contributed by atoms with Crippen LogP contribution in [0.15, 0.2) is 42.5 Å². The Morgan fingerprint density at radius 1 is 1.12 bits per heavy atom. The summed E-state index contributed by atoms with van der Waals surface area (Å²) in [4.78, 5) is 36.6. The van der Waals surface area contributed by atoms with Crippen molar-refractivity contribution in [2.24, 2.45) is 7.05 Å². The van der Waals surface area contributed by atoms with Crippen LogP contribution in [0, 0.1) is 11.3 Å². The van der Waals surface area contributed by atoms with Crippen LogP contribution in [0.4, 0.5) is 16.2 Å². The van der Waals surface area contributed by atoms with Crippen molar-refractivity contribution in [3.63, 3.8) is 0 Å². The maximum Gasteiger partial charge on any atom is 0.337 e. The number of nitrogens with one attached hydrogen (secondary N) is 3. The number of nitrogens with zero attached hydrogens (tertiary/aromatic N) is 2. The second-order valence-electron chi connectivity index (χ2n) is 7.13. The minimum atomic E-state index is -1.29. The molecule has 6 N–H and O–H groups in total. The third-order valence-electron chi connectivity index (χ3n) is 4.87. The van der Waals surface area contributed by atoms with Crippen molar-refractivity contribution in [1.82, 2.24) is 9.88 Å². The molecule has 0 aliphatic rings. The molecule has 0 bridgehead atoms. The van der Waals surface area contributed by atoms with Crippen LogP contribution in [0.25, 0.3) is 10.9 Å². The highest BCUT2D eigenvalue weighted by Gasteiger charge is 2.19. The van der Waals surface area contributed by atoms with Crippen molar-refractivity contribution >= 4 is 40.2 Å². The van der Waals surface area contributed by atoms with Gasteiger partial charge in [0.25, 0.3) is 5.91 Å². The van der Waals surface area contributed by atoms with E-state index < -0.39 is 30.6 Å². The third-order valence-corrected chi connectivity index (χ3v) is 4.87. The SMILES string of the molecule is Cn1c(C(=O)Nc2ccc(C#N)cc2C(=O)O)cc2cccc(NC(=O)NCC(O)CO)c21. The first-order valence-corrected chi connectivity index (χ1v) is 9.76. The Balaban J connectivity index is 1.88. The van der Waals surface area contributed by atoms with Crippen molar-refractivity contribution < 1.29 is 29.7 Å². The van der Waals surface area contributed by atoms with Crippen molar-refractivity contribution in [2.45, 2.75) is 6.10 Å². The number of benzene rings is 2. The number of hydrogen-bond acceptors (Lipinski definition) is 6. The van der Waals surface area contributed by atoms with Gasteiger partial charge in [0, 0.05) is 19.0 Å². The molecule has 3 amide bonds. The second kappa shape index (κ2) is 9.82. The van der Waals surface area contributed by atoms with E-state index in [-0.39, 0.29) is 29.1 Å². The molecule has 1 aromatic heterocycles. The summed E-state index contributed by atoms with van der Waals surface area (Å²) >= 11 is 0. The fourth-order valence-corrected chi connectivity index (χ4v) is 3.26. The molecule has 0 aliphatic carbocycles. The maximum atomic E-state index is 12.9. The Morgan fingerprint density at radius 3 is 2.55 bits per heavy atom. The van der Waals surface area contributed by atoms with Crippen molar-refractivity contribution in [2.75, 3.05) is 23.8 Å². The summed E-state index contributed by atoms with van der Waals surface area (Å²) in [5.41, 5.74) is 1.11. The number of fused-ring (bicyclic) bond motifs is 1. The molecule has 2 aromatic carbocycles. The monoisotopic (exact) mass is 451 g/mol. The number of hydrogen-bond donors (Lipinski definition) is 6. The van der Waals surface area contributed by atoms with Crippen LogP contribution in [0.3, 0.4) is 0 Å². The van der Waals surface area contributed by atoms with E-state index in [1.54, 1.807) is 35.9 Å². The van der Waals surface area contributed by atoms with Gasteiger partial charge >= 0.3 is 12.0 Å². The molecule has 0 saturated carbocycles. The molecule has 1 unspecified atom stereocenters. The van der Waals surface area contributed by atoms with Crippen LogP contribution in [-0.4, -0.2) is 57.0 Å². The Hall–Kier alpha value is -4.40. The zero-order valence-corrected chi connectivity index (χ0v) is 17.5. The summed E-state index contributed by atoms with van der Waals surface area (Å²) in [5, 5.41) is 44.9. The van der Waals surface area contributed by atoms with Gasteiger partial charge in [-0.15, -0.1) is 0 Å². The number of amides is 3. The van der Waals surface area contributed by atoms with E-state index in [9.17, 15) is 24.6 Å². The lowest BCUT2D eigenvalue weighted by atomic mass is 10.1. The Kier molecular flexibility index (Phi) is 6.92. The Morgan fingerprint density at radius 2 is 1.88 bits per heavy atom. The fourth-order valence-electron chi connectivity index (χ4n) is 3.26. The number of aliphatic hydroxyl groups is 2. The van der Waals surface area contributed by atoms with Crippen LogP contribution >= 0.6 is 0 Å². The molecular formula is C22H21N5O6. The molecule has 1 atom stereocenters. The van der Waals surface area contributed by atoms with Gasteiger partial charge in [0.1, 0.15) is 5.69 Å². The summed E-state index contributed by atoms with van der Waals surface area (Å²) < 4.78 is 1.55. The number of rotatable bonds is 7. The number of aromatic nitrogens is 1. The number of nitriles is 1. The van der Waals surface area contributed by atoms with Gasteiger partial charge < -0.3 is 35.8 Å². The van der Waals surface area contributed by atoms with E-state index in [1.165, 1.54) is 18.2 Å². The molecule has 11 heteroatoms. The molecule has 0 spiro atoms. The number of aliphatic hydroxyl groups excluding tert-OH is 2. The van der Waals surface area contributed by atoms with Gasteiger partial charge in [-0.05, 0) is 30.3 Å². The van der Waals surface area contributed by atoms with Crippen LogP contribution in [0.5, 0.6) is 0 Å². The quantitative estimate of drug-likeness (QED) is 0.315. The van der Waals surface area contributed by atoms with Crippen molar-refractivity contribution in [3.8, 4) is 6.07 Å². The van der Waals surface area contributed by atoms with Gasteiger partial charge in [0.05, 0.1) is 46.8 Å². The number of carboxylic acids is 1. The predicted molar refractivity (Wildman–Crippen MR) is 119 cm³/mol. The first-order chi connectivity index (χ1) is 15.7. The van der Waals surface area contributed by atoms with Crippen LogP contribution in [0.2, 0.25) is 0 Å². The molecule has 3 rings (SSSR count). The summed E-state index contributed by atoms with van der Waals surface area (Å²) in [5.74, 6) is -1.87. The van der Waals surface area contributed by atoms with Crippen LogP contribution in [-0.2, 0) is 7.05 Å². The summed E-state index contributed by atoms with van der Waals surface area (Å²) in [7, 11) is 1.62. The lowest BCUT2D eigenvalue weighted by molar-refractivity contribution is 0.0698.